The molecule has 0 saturated heterocycles. The summed E-state index contributed by atoms with van der Waals surface area (Å²) in [6, 6.07) is 21.8. The zero-order valence-electron chi connectivity index (χ0n) is 22.7. The van der Waals surface area contributed by atoms with Gasteiger partial charge in [-0.15, -0.1) is 0 Å². The van der Waals surface area contributed by atoms with E-state index in [-0.39, 0.29) is 11.6 Å². The molecule has 0 aliphatic carbocycles. The summed E-state index contributed by atoms with van der Waals surface area (Å²) in [6.45, 7) is 5.65. The highest BCUT2D eigenvalue weighted by Crippen LogP contribution is 2.33. The number of rotatable bonds is 8. The van der Waals surface area contributed by atoms with Gasteiger partial charge in [-0.05, 0) is 71.8 Å². The van der Waals surface area contributed by atoms with Crippen LogP contribution in [0.25, 0.3) is 22.3 Å². The number of anilines is 1. The van der Waals surface area contributed by atoms with Crippen LogP contribution in [0.3, 0.4) is 0 Å². The number of nitrogens with one attached hydrogen (secondary N) is 1. The summed E-state index contributed by atoms with van der Waals surface area (Å²) >= 11 is 5.87. The summed E-state index contributed by atoms with van der Waals surface area (Å²) in [6.07, 6.45) is -1.57. The van der Waals surface area contributed by atoms with Crippen LogP contribution in [-0.4, -0.2) is 24.7 Å². The Hall–Kier alpha value is -4.43. The lowest BCUT2D eigenvalue weighted by molar-refractivity contribution is 0.00593. The second-order valence-electron chi connectivity index (χ2n) is 10.5. The lowest BCUT2D eigenvalue weighted by Gasteiger charge is -2.29. The van der Waals surface area contributed by atoms with Crippen LogP contribution in [0.5, 0.6) is 5.75 Å². The van der Waals surface area contributed by atoms with Gasteiger partial charge in [-0.25, -0.2) is 13.6 Å². The number of ether oxygens (including phenoxy) is 2. The number of halogens is 3. The molecule has 0 aromatic heterocycles. The van der Waals surface area contributed by atoms with E-state index >= 15 is 0 Å². The molecular formula is C32H29ClF2N2O4. The van der Waals surface area contributed by atoms with Gasteiger partial charge >= 0.3 is 6.09 Å². The van der Waals surface area contributed by atoms with Gasteiger partial charge < -0.3 is 20.5 Å². The molecule has 1 unspecified atom stereocenters. The van der Waals surface area contributed by atoms with Crippen molar-refractivity contribution in [2.75, 3.05) is 11.9 Å². The molecular weight excluding hydrogens is 550 g/mol. The van der Waals surface area contributed by atoms with Gasteiger partial charge in [0.25, 0.3) is 5.91 Å². The third-order valence-electron chi connectivity index (χ3n) is 6.37. The first-order chi connectivity index (χ1) is 19.4. The minimum absolute atomic E-state index is 0.000226. The van der Waals surface area contributed by atoms with Crippen molar-refractivity contribution in [2.45, 2.75) is 26.9 Å². The smallest absolute Gasteiger partial charge is 0.404 e. The fraction of sp³-hybridized carbons (Fsp3) is 0.188. The topological polar surface area (TPSA) is 90.7 Å². The third-order valence-corrected chi connectivity index (χ3v) is 6.61. The Morgan fingerprint density at radius 3 is 2.29 bits per heavy atom. The fourth-order valence-corrected chi connectivity index (χ4v) is 4.27. The second-order valence-corrected chi connectivity index (χ2v) is 10.9. The predicted octanol–water partition coefficient (Wildman–Crippen LogP) is 8.09. The summed E-state index contributed by atoms with van der Waals surface area (Å²) < 4.78 is 39.4. The van der Waals surface area contributed by atoms with Crippen LogP contribution in [0, 0.1) is 17.0 Å². The van der Waals surface area contributed by atoms with Gasteiger partial charge in [0.15, 0.2) is 0 Å². The highest BCUT2D eigenvalue weighted by Gasteiger charge is 2.29. The van der Waals surface area contributed by atoms with Crippen LogP contribution >= 0.6 is 11.6 Å². The number of primary amides is 1. The van der Waals surface area contributed by atoms with E-state index < -0.39 is 35.2 Å². The quantitative estimate of drug-likeness (QED) is 0.221. The van der Waals surface area contributed by atoms with Crippen LogP contribution in [-0.2, 0) is 4.74 Å². The van der Waals surface area contributed by atoms with Crippen molar-refractivity contribution in [1.82, 2.24) is 0 Å². The van der Waals surface area contributed by atoms with Gasteiger partial charge in [0.05, 0.1) is 0 Å². The maximum absolute atomic E-state index is 14.5. The Bertz CT molecular complexity index is 1570. The Morgan fingerprint density at radius 2 is 1.63 bits per heavy atom. The molecule has 3 N–H and O–H groups in total. The minimum Gasteiger partial charge on any atom is -0.489 e. The Labute approximate surface area is 242 Å². The molecule has 1 atom stereocenters. The van der Waals surface area contributed by atoms with Crippen LogP contribution in [0.2, 0.25) is 5.02 Å². The largest absolute Gasteiger partial charge is 0.489 e. The van der Waals surface area contributed by atoms with Crippen molar-refractivity contribution in [2.24, 2.45) is 11.1 Å². The van der Waals surface area contributed by atoms with Crippen LogP contribution in [0.15, 0.2) is 84.9 Å². The standard InChI is InChI=1S/C32H29ClF2N2O4/c1-32(2,3)29(41-31(36)39)18-40-28-14-9-21(16-26(28)19-7-11-23(34)12-8-19)30(38)37-24-6-4-5-20(15-24)25-13-10-22(33)17-27(25)35/h4-17,29H,18H2,1-3H3,(H2,36,39)(H,37,38). The third kappa shape index (κ3) is 7.61. The molecule has 0 fully saturated rings. The van der Waals surface area contributed by atoms with Crippen molar-refractivity contribution < 1.29 is 27.8 Å². The average Bonchev–Trinajstić information content (AvgIpc) is 2.91. The molecule has 0 heterocycles. The molecule has 0 aliphatic heterocycles. The molecule has 4 aromatic rings. The monoisotopic (exact) mass is 578 g/mol. The molecule has 4 aromatic carbocycles. The molecule has 0 saturated carbocycles. The van der Waals surface area contributed by atoms with Crippen molar-refractivity contribution >= 4 is 29.3 Å². The molecule has 6 nitrogen and oxygen atoms in total. The van der Waals surface area contributed by atoms with Gasteiger partial charge in [0.1, 0.15) is 30.1 Å². The first-order valence-corrected chi connectivity index (χ1v) is 13.1. The van der Waals surface area contributed by atoms with E-state index in [9.17, 15) is 18.4 Å². The predicted molar refractivity (Wildman–Crippen MR) is 156 cm³/mol. The van der Waals surface area contributed by atoms with Gasteiger partial charge in [-0.2, -0.15) is 0 Å². The highest BCUT2D eigenvalue weighted by atomic mass is 35.5. The summed E-state index contributed by atoms with van der Waals surface area (Å²) in [5.41, 5.74) is 7.60. The van der Waals surface area contributed by atoms with Crippen molar-refractivity contribution in [1.29, 1.82) is 0 Å². The van der Waals surface area contributed by atoms with E-state index in [2.05, 4.69) is 5.32 Å². The number of benzene rings is 4. The Balaban J connectivity index is 1.62. The fourth-order valence-electron chi connectivity index (χ4n) is 4.11. The van der Waals surface area contributed by atoms with E-state index in [0.29, 0.717) is 39.3 Å². The molecule has 41 heavy (non-hydrogen) atoms. The first-order valence-electron chi connectivity index (χ1n) is 12.8. The number of carbonyl (C=O) groups is 2. The molecule has 9 heteroatoms. The van der Waals surface area contributed by atoms with Crippen LogP contribution in [0.1, 0.15) is 31.1 Å². The van der Waals surface area contributed by atoms with Gasteiger partial charge in [-0.3, -0.25) is 4.79 Å². The van der Waals surface area contributed by atoms with Crippen molar-refractivity contribution in [3.05, 3.63) is 107 Å². The summed E-state index contributed by atoms with van der Waals surface area (Å²) in [4.78, 5) is 24.7. The number of carbonyl (C=O) groups excluding carboxylic acids is 2. The Morgan fingerprint density at radius 1 is 0.902 bits per heavy atom. The van der Waals surface area contributed by atoms with E-state index in [4.69, 9.17) is 26.8 Å². The number of amides is 2. The number of hydrogen-bond donors (Lipinski definition) is 2. The lowest BCUT2D eigenvalue weighted by Crippen LogP contribution is -2.38. The van der Waals surface area contributed by atoms with Gasteiger partial charge in [0.2, 0.25) is 0 Å². The zero-order valence-corrected chi connectivity index (χ0v) is 23.5. The molecule has 2 amide bonds. The molecule has 0 radical (unpaired) electrons. The molecule has 0 bridgehead atoms. The first kappa shape index (κ1) is 29.6. The highest BCUT2D eigenvalue weighted by molar-refractivity contribution is 6.30. The Kier molecular flexibility index (Phi) is 8.93. The summed E-state index contributed by atoms with van der Waals surface area (Å²) in [7, 11) is 0. The van der Waals surface area contributed by atoms with E-state index in [1.807, 2.05) is 20.8 Å². The SMILES string of the molecule is CC(C)(C)C(COc1ccc(C(=O)Nc2cccc(-c3ccc(Cl)cc3F)c2)cc1-c1ccc(F)cc1)OC(N)=O. The van der Waals surface area contributed by atoms with Gasteiger partial charge in [-0.1, -0.05) is 56.6 Å². The van der Waals surface area contributed by atoms with Crippen LogP contribution in [0.4, 0.5) is 19.3 Å². The van der Waals surface area contributed by atoms with Crippen molar-refractivity contribution in [3.8, 4) is 28.0 Å². The minimum atomic E-state index is -0.915. The number of nitrogens with two attached hydrogens (primary N) is 1. The van der Waals surface area contributed by atoms with E-state index in [1.165, 1.54) is 18.2 Å². The second kappa shape index (κ2) is 12.4. The zero-order chi connectivity index (χ0) is 29.7. The maximum Gasteiger partial charge on any atom is 0.404 e. The molecule has 212 valence electrons. The maximum atomic E-state index is 14.5. The molecule has 4 rings (SSSR count). The lowest BCUT2D eigenvalue weighted by atomic mass is 9.89. The van der Waals surface area contributed by atoms with E-state index in [0.717, 1.165) is 0 Å². The van der Waals surface area contributed by atoms with E-state index in [1.54, 1.807) is 66.7 Å². The number of hydrogen-bond acceptors (Lipinski definition) is 4. The van der Waals surface area contributed by atoms with Gasteiger partial charge in [0, 0.05) is 32.8 Å². The normalized spacial score (nSPS) is 12.0. The molecule has 0 spiro atoms. The van der Waals surface area contributed by atoms with Crippen LogP contribution < -0.4 is 15.8 Å². The summed E-state index contributed by atoms with van der Waals surface area (Å²) in [5, 5.41) is 3.13. The van der Waals surface area contributed by atoms with Crippen molar-refractivity contribution in [3.63, 3.8) is 0 Å². The summed E-state index contributed by atoms with van der Waals surface area (Å²) in [5.74, 6) is -0.908. The molecule has 0 aliphatic rings. The average molecular weight is 579 g/mol.